The molecule has 7 heteroatoms. The van der Waals surface area contributed by atoms with Crippen LogP contribution in [0.5, 0.6) is 11.5 Å². The lowest BCUT2D eigenvalue weighted by molar-refractivity contribution is -0.128. The minimum absolute atomic E-state index is 0.317. The van der Waals surface area contributed by atoms with E-state index in [0.29, 0.717) is 11.5 Å². The van der Waals surface area contributed by atoms with Crippen molar-refractivity contribution in [2.75, 3.05) is 13.7 Å². The lowest BCUT2D eigenvalue weighted by Gasteiger charge is -2.07. The molecule has 0 unspecified atom stereocenters. The summed E-state index contributed by atoms with van der Waals surface area (Å²) in [5.41, 5.74) is 5.17. The molecule has 0 saturated carbocycles. The van der Waals surface area contributed by atoms with Crippen molar-refractivity contribution in [1.29, 1.82) is 0 Å². The number of ether oxygens (including phenoxy) is 2. The molecule has 2 rings (SSSR count). The molecule has 0 aliphatic carbocycles. The Morgan fingerprint density at radius 3 is 2.52 bits per heavy atom. The third kappa shape index (κ3) is 5.98. The van der Waals surface area contributed by atoms with E-state index in [1.807, 2.05) is 12.1 Å². The van der Waals surface area contributed by atoms with Crippen LogP contribution in [0.1, 0.15) is 5.56 Å². The lowest BCUT2D eigenvalue weighted by Crippen LogP contribution is -2.43. The molecule has 25 heavy (non-hydrogen) atoms. The molecule has 0 atom stereocenters. The minimum atomic E-state index is -0.552. The number of hydrogen-bond donors (Lipinski definition) is 2. The largest absolute Gasteiger partial charge is 0.496 e. The van der Waals surface area contributed by atoms with Crippen molar-refractivity contribution >= 4 is 17.9 Å². The van der Waals surface area contributed by atoms with E-state index in [4.69, 9.17) is 9.47 Å². The van der Waals surface area contributed by atoms with E-state index in [2.05, 4.69) is 10.9 Å². The van der Waals surface area contributed by atoms with E-state index in [9.17, 15) is 14.0 Å². The van der Waals surface area contributed by atoms with Crippen molar-refractivity contribution < 1.29 is 23.5 Å². The maximum atomic E-state index is 12.7. The molecule has 0 aromatic heterocycles. The number of hydrogen-bond acceptors (Lipinski definition) is 4. The topological polar surface area (TPSA) is 76.7 Å². The van der Waals surface area contributed by atoms with Gasteiger partial charge in [-0.05, 0) is 36.4 Å². The summed E-state index contributed by atoms with van der Waals surface area (Å²) in [6, 6.07) is 12.4. The molecular formula is C18H17FN2O4. The quantitative estimate of drug-likeness (QED) is 0.621. The van der Waals surface area contributed by atoms with Gasteiger partial charge in [0.1, 0.15) is 17.3 Å². The highest BCUT2D eigenvalue weighted by atomic mass is 19.1. The van der Waals surface area contributed by atoms with Gasteiger partial charge in [-0.25, -0.2) is 4.39 Å². The molecule has 0 bridgehead atoms. The smallest absolute Gasteiger partial charge is 0.276 e. The molecule has 2 aromatic rings. The maximum absolute atomic E-state index is 12.7. The fourth-order valence-corrected chi connectivity index (χ4v) is 1.86. The van der Waals surface area contributed by atoms with Crippen LogP contribution in [-0.2, 0) is 9.59 Å². The van der Waals surface area contributed by atoms with Crippen LogP contribution in [0.15, 0.2) is 54.6 Å². The first kappa shape index (κ1) is 18.0. The first-order valence-electron chi connectivity index (χ1n) is 7.37. The highest BCUT2D eigenvalue weighted by molar-refractivity contribution is 5.93. The van der Waals surface area contributed by atoms with Crippen LogP contribution in [0.2, 0.25) is 0 Å². The van der Waals surface area contributed by atoms with E-state index in [0.717, 1.165) is 5.56 Å². The molecule has 130 valence electrons. The number of carbonyl (C=O) groups is 2. The second kappa shape index (κ2) is 9.07. The maximum Gasteiger partial charge on any atom is 0.276 e. The molecule has 2 N–H and O–H groups in total. The Balaban J connectivity index is 1.76. The van der Waals surface area contributed by atoms with Crippen molar-refractivity contribution in [2.24, 2.45) is 0 Å². The standard InChI is InChI=1S/C18H17FN2O4/c1-24-16-5-3-2-4-13(16)6-11-17(22)20-21-18(23)12-25-15-9-7-14(19)8-10-15/h2-11H,12H2,1H3,(H,20,22)(H,21,23)/b11-6+. The number of para-hydroxylation sites is 1. The Hall–Kier alpha value is -3.35. The Bertz CT molecular complexity index is 760. The van der Waals surface area contributed by atoms with Gasteiger partial charge in [0.2, 0.25) is 0 Å². The number of halogens is 1. The number of nitrogens with one attached hydrogen (secondary N) is 2. The van der Waals surface area contributed by atoms with Crippen molar-refractivity contribution in [2.45, 2.75) is 0 Å². The van der Waals surface area contributed by atoms with Crippen molar-refractivity contribution in [1.82, 2.24) is 10.9 Å². The Morgan fingerprint density at radius 2 is 1.80 bits per heavy atom. The van der Waals surface area contributed by atoms with Gasteiger partial charge in [0.05, 0.1) is 7.11 Å². The van der Waals surface area contributed by atoms with Crippen LogP contribution in [0.3, 0.4) is 0 Å². The monoisotopic (exact) mass is 344 g/mol. The predicted octanol–water partition coefficient (Wildman–Crippen LogP) is 2.07. The fourth-order valence-electron chi connectivity index (χ4n) is 1.86. The van der Waals surface area contributed by atoms with Gasteiger partial charge in [0.25, 0.3) is 11.8 Å². The third-order valence-electron chi connectivity index (χ3n) is 3.06. The van der Waals surface area contributed by atoms with E-state index < -0.39 is 17.6 Å². The second-order valence-corrected chi connectivity index (χ2v) is 4.86. The SMILES string of the molecule is COc1ccccc1/C=C/C(=O)NNC(=O)COc1ccc(F)cc1. The van der Waals surface area contributed by atoms with Gasteiger partial charge in [-0.2, -0.15) is 0 Å². The summed E-state index contributed by atoms with van der Waals surface area (Å²) in [5, 5.41) is 0. The van der Waals surface area contributed by atoms with Crippen molar-refractivity contribution in [3.63, 3.8) is 0 Å². The van der Waals surface area contributed by atoms with Crippen LogP contribution in [-0.4, -0.2) is 25.5 Å². The zero-order chi connectivity index (χ0) is 18.1. The molecule has 0 heterocycles. The zero-order valence-electron chi connectivity index (χ0n) is 13.5. The Morgan fingerprint density at radius 1 is 1.08 bits per heavy atom. The van der Waals surface area contributed by atoms with Crippen LogP contribution in [0, 0.1) is 5.82 Å². The van der Waals surface area contributed by atoms with Gasteiger partial charge in [-0.1, -0.05) is 18.2 Å². The third-order valence-corrected chi connectivity index (χ3v) is 3.06. The summed E-state index contributed by atoms with van der Waals surface area (Å²) < 4.78 is 23.1. The lowest BCUT2D eigenvalue weighted by atomic mass is 10.2. The molecule has 0 spiro atoms. The molecule has 6 nitrogen and oxygen atoms in total. The molecule has 0 radical (unpaired) electrons. The number of amides is 2. The van der Waals surface area contributed by atoms with Crippen LogP contribution < -0.4 is 20.3 Å². The van der Waals surface area contributed by atoms with Gasteiger partial charge in [-0.15, -0.1) is 0 Å². The molecule has 0 aliphatic heterocycles. The zero-order valence-corrected chi connectivity index (χ0v) is 13.5. The molecule has 0 fully saturated rings. The molecule has 0 saturated heterocycles. The number of hydrazine groups is 1. The number of carbonyl (C=O) groups excluding carboxylic acids is 2. The van der Waals surface area contributed by atoms with Crippen molar-refractivity contribution in [3.8, 4) is 11.5 Å². The van der Waals surface area contributed by atoms with E-state index in [1.165, 1.54) is 37.5 Å². The average molecular weight is 344 g/mol. The summed E-state index contributed by atoms with van der Waals surface area (Å²) in [6.07, 6.45) is 2.83. The Kier molecular flexibility index (Phi) is 6.53. The van der Waals surface area contributed by atoms with Crippen LogP contribution >= 0.6 is 0 Å². The number of benzene rings is 2. The number of methoxy groups -OCH3 is 1. The summed E-state index contributed by atoms with van der Waals surface area (Å²) in [7, 11) is 1.54. The molecule has 0 aliphatic rings. The molecule has 2 aromatic carbocycles. The van der Waals surface area contributed by atoms with Gasteiger partial charge in [-0.3, -0.25) is 20.4 Å². The average Bonchev–Trinajstić information content (AvgIpc) is 2.64. The second-order valence-electron chi connectivity index (χ2n) is 4.86. The highest BCUT2D eigenvalue weighted by Gasteiger charge is 2.04. The molecule has 2 amide bonds. The first-order valence-corrected chi connectivity index (χ1v) is 7.37. The van der Waals surface area contributed by atoms with Gasteiger partial charge in [0.15, 0.2) is 6.61 Å². The van der Waals surface area contributed by atoms with Gasteiger partial charge < -0.3 is 9.47 Å². The first-order chi connectivity index (χ1) is 12.1. The fraction of sp³-hybridized carbons (Fsp3) is 0.111. The molecular weight excluding hydrogens is 327 g/mol. The highest BCUT2D eigenvalue weighted by Crippen LogP contribution is 2.18. The van der Waals surface area contributed by atoms with E-state index in [-0.39, 0.29) is 6.61 Å². The summed E-state index contributed by atoms with van der Waals surface area (Å²) in [6.45, 7) is -0.317. The van der Waals surface area contributed by atoms with E-state index >= 15 is 0 Å². The van der Waals surface area contributed by atoms with E-state index in [1.54, 1.807) is 18.2 Å². The number of rotatable bonds is 6. The summed E-state index contributed by atoms with van der Waals surface area (Å²) >= 11 is 0. The normalized spacial score (nSPS) is 10.3. The van der Waals surface area contributed by atoms with Crippen molar-refractivity contribution in [3.05, 3.63) is 66.0 Å². The van der Waals surface area contributed by atoms with Gasteiger partial charge >= 0.3 is 0 Å². The minimum Gasteiger partial charge on any atom is -0.496 e. The summed E-state index contributed by atoms with van der Waals surface area (Å²) in [5.74, 6) is -0.488. The Labute approximate surface area is 144 Å². The van der Waals surface area contributed by atoms with Gasteiger partial charge in [0, 0.05) is 11.6 Å². The van der Waals surface area contributed by atoms with Crippen LogP contribution in [0.25, 0.3) is 6.08 Å². The summed E-state index contributed by atoms with van der Waals surface area (Å²) in [4.78, 5) is 23.3. The predicted molar refractivity (Wildman–Crippen MR) is 90.2 cm³/mol. The van der Waals surface area contributed by atoms with Crippen LogP contribution in [0.4, 0.5) is 4.39 Å².